The van der Waals surface area contributed by atoms with Crippen LogP contribution in [0.5, 0.6) is 0 Å². The molecule has 0 aliphatic heterocycles. The maximum atomic E-state index is 12.7. The molecule has 0 spiro atoms. The Morgan fingerprint density at radius 1 is 1.12 bits per heavy atom. The molecular weight excluding hydrogens is 416 g/mol. The van der Waals surface area contributed by atoms with Crippen LogP contribution in [0.1, 0.15) is 42.6 Å². The molecule has 2 aromatic rings. The zero-order valence-corrected chi connectivity index (χ0v) is 17.4. The molecule has 1 amide bonds. The SMILES string of the molecule is CCC(CC)NC(=O)c1cccc(S(=O)(=O)Nc2cc(C)ccc2Br)c1. The fourth-order valence-electron chi connectivity index (χ4n) is 2.49. The third-order valence-corrected chi connectivity index (χ3v) is 6.15. The summed E-state index contributed by atoms with van der Waals surface area (Å²) in [5, 5.41) is 2.92. The average Bonchev–Trinajstić information content (AvgIpc) is 2.62. The van der Waals surface area contributed by atoms with Gasteiger partial charge in [0.1, 0.15) is 0 Å². The van der Waals surface area contributed by atoms with E-state index in [2.05, 4.69) is 26.0 Å². The van der Waals surface area contributed by atoms with Gasteiger partial charge in [-0.05, 0) is 71.6 Å². The van der Waals surface area contributed by atoms with Crippen molar-refractivity contribution in [3.8, 4) is 0 Å². The molecule has 5 nitrogen and oxygen atoms in total. The number of carbonyl (C=O) groups excluding carboxylic acids is 1. The van der Waals surface area contributed by atoms with Crippen LogP contribution in [0, 0.1) is 6.92 Å². The number of rotatable bonds is 7. The van der Waals surface area contributed by atoms with Crippen molar-refractivity contribution in [3.63, 3.8) is 0 Å². The molecule has 2 rings (SSSR count). The summed E-state index contributed by atoms with van der Waals surface area (Å²) in [6.07, 6.45) is 1.65. The van der Waals surface area contributed by atoms with Crippen molar-refractivity contribution >= 4 is 37.5 Å². The van der Waals surface area contributed by atoms with E-state index >= 15 is 0 Å². The molecule has 7 heteroatoms. The Labute approximate surface area is 163 Å². The van der Waals surface area contributed by atoms with Crippen LogP contribution in [0.3, 0.4) is 0 Å². The summed E-state index contributed by atoms with van der Waals surface area (Å²) in [4.78, 5) is 12.4. The van der Waals surface area contributed by atoms with E-state index in [0.29, 0.717) is 15.7 Å². The summed E-state index contributed by atoms with van der Waals surface area (Å²) in [5.41, 5.74) is 1.71. The van der Waals surface area contributed by atoms with Gasteiger partial charge in [-0.2, -0.15) is 0 Å². The minimum absolute atomic E-state index is 0.0445. The van der Waals surface area contributed by atoms with Crippen LogP contribution < -0.4 is 10.0 Å². The second-order valence-corrected chi connectivity index (χ2v) is 8.64. The van der Waals surface area contributed by atoms with Gasteiger partial charge in [0.2, 0.25) is 0 Å². The Kier molecular flexibility index (Phi) is 6.83. The summed E-state index contributed by atoms with van der Waals surface area (Å²) in [6.45, 7) is 5.88. The van der Waals surface area contributed by atoms with Gasteiger partial charge in [0.25, 0.3) is 15.9 Å². The van der Waals surface area contributed by atoms with Crippen molar-refractivity contribution in [1.82, 2.24) is 5.32 Å². The fourth-order valence-corrected chi connectivity index (χ4v) is 4.08. The van der Waals surface area contributed by atoms with Crippen molar-refractivity contribution in [2.75, 3.05) is 4.72 Å². The molecule has 0 saturated heterocycles. The molecule has 0 fully saturated rings. The van der Waals surface area contributed by atoms with E-state index in [4.69, 9.17) is 0 Å². The van der Waals surface area contributed by atoms with Crippen LogP contribution in [0.4, 0.5) is 5.69 Å². The van der Waals surface area contributed by atoms with E-state index < -0.39 is 10.0 Å². The lowest BCUT2D eigenvalue weighted by Gasteiger charge is -2.15. The molecule has 0 atom stereocenters. The number of benzene rings is 2. The second kappa shape index (κ2) is 8.68. The molecule has 0 aliphatic carbocycles. The first-order chi connectivity index (χ1) is 12.3. The molecule has 2 N–H and O–H groups in total. The van der Waals surface area contributed by atoms with Crippen LogP contribution in [-0.2, 0) is 10.0 Å². The smallest absolute Gasteiger partial charge is 0.261 e. The molecule has 2 aromatic carbocycles. The number of nitrogens with one attached hydrogen (secondary N) is 2. The van der Waals surface area contributed by atoms with Gasteiger partial charge in [0.05, 0.1) is 10.6 Å². The van der Waals surface area contributed by atoms with Gasteiger partial charge in [-0.15, -0.1) is 0 Å². The molecule has 0 aliphatic rings. The Morgan fingerprint density at radius 3 is 2.46 bits per heavy atom. The number of amides is 1. The van der Waals surface area contributed by atoms with E-state index in [9.17, 15) is 13.2 Å². The largest absolute Gasteiger partial charge is 0.349 e. The predicted molar refractivity (Wildman–Crippen MR) is 108 cm³/mol. The molecule has 0 heterocycles. The number of hydrogen-bond donors (Lipinski definition) is 2. The van der Waals surface area contributed by atoms with Gasteiger partial charge >= 0.3 is 0 Å². The number of aryl methyl sites for hydroxylation is 1. The zero-order valence-electron chi connectivity index (χ0n) is 15.0. The van der Waals surface area contributed by atoms with Crippen molar-refractivity contribution in [1.29, 1.82) is 0 Å². The summed E-state index contributed by atoms with van der Waals surface area (Å²) in [6, 6.07) is 11.5. The van der Waals surface area contributed by atoms with Crippen LogP contribution >= 0.6 is 15.9 Å². The molecule has 140 valence electrons. The quantitative estimate of drug-likeness (QED) is 0.668. The standard InChI is InChI=1S/C19H23BrN2O3S/c1-4-15(5-2)21-19(23)14-7-6-8-16(12-14)26(24,25)22-18-11-13(3)9-10-17(18)20/h6-12,15,22H,4-5H2,1-3H3,(H,21,23). The number of carbonyl (C=O) groups is 1. The van der Waals surface area contributed by atoms with Gasteiger partial charge < -0.3 is 5.32 Å². The fraction of sp³-hybridized carbons (Fsp3) is 0.316. The van der Waals surface area contributed by atoms with E-state index in [0.717, 1.165) is 18.4 Å². The summed E-state index contributed by atoms with van der Waals surface area (Å²) >= 11 is 3.35. The van der Waals surface area contributed by atoms with E-state index in [1.165, 1.54) is 12.1 Å². The third kappa shape index (κ3) is 5.08. The van der Waals surface area contributed by atoms with Gasteiger partial charge in [0, 0.05) is 16.1 Å². The van der Waals surface area contributed by atoms with Crippen molar-refractivity contribution < 1.29 is 13.2 Å². The molecule has 0 aromatic heterocycles. The number of halogens is 1. The van der Waals surface area contributed by atoms with Crippen LogP contribution in [0.2, 0.25) is 0 Å². The van der Waals surface area contributed by atoms with Crippen LogP contribution in [0.15, 0.2) is 51.8 Å². The zero-order chi connectivity index (χ0) is 19.3. The van der Waals surface area contributed by atoms with Gasteiger partial charge in [0.15, 0.2) is 0 Å². The first-order valence-corrected chi connectivity index (χ1v) is 10.7. The van der Waals surface area contributed by atoms with Crippen LogP contribution in [-0.4, -0.2) is 20.4 Å². The highest BCUT2D eigenvalue weighted by atomic mass is 79.9. The second-order valence-electron chi connectivity index (χ2n) is 6.10. The molecule has 0 unspecified atom stereocenters. The molecule has 0 saturated carbocycles. The maximum Gasteiger partial charge on any atom is 0.261 e. The minimum atomic E-state index is -3.81. The highest BCUT2D eigenvalue weighted by Crippen LogP contribution is 2.26. The lowest BCUT2D eigenvalue weighted by Crippen LogP contribution is -2.33. The Hall–Kier alpha value is -1.86. The first-order valence-electron chi connectivity index (χ1n) is 8.46. The summed E-state index contributed by atoms with van der Waals surface area (Å²) in [5.74, 6) is -0.271. The van der Waals surface area contributed by atoms with E-state index in [1.54, 1.807) is 24.3 Å². The monoisotopic (exact) mass is 438 g/mol. The Balaban J connectivity index is 2.27. The Bertz CT molecular complexity index is 893. The van der Waals surface area contributed by atoms with Crippen LogP contribution in [0.25, 0.3) is 0 Å². The van der Waals surface area contributed by atoms with Crippen molar-refractivity contribution in [3.05, 3.63) is 58.1 Å². The maximum absolute atomic E-state index is 12.7. The first kappa shape index (κ1) is 20.5. The lowest BCUT2D eigenvalue weighted by atomic mass is 10.1. The minimum Gasteiger partial charge on any atom is -0.349 e. The normalized spacial score (nSPS) is 11.4. The number of hydrogen-bond acceptors (Lipinski definition) is 3. The van der Waals surface area contributed by atoms with Gasteiger partial charge in [-0.3, -0.25) is 9.52 Å². The number of anilines is 1. The van der Waals surface area contributed by atoms with E-state index in [1.807, 2.05) is 26.8 Å². The summed E-state index contributed by atoms with van der Waals surface area (Å²) in [7, 11) is -3.81. The topological polar surface area (TPSA) is 75.3 Å². The Morgan fingerprint density at radius 2 is 1.81 bits per heavy atom. The summed E-state index contributed by atoms with van der Waals surface area (Å²) < 4.78 is 28.6. The van der Waals surface area contributed by atoms with Crippen molar-refractivity contribution in [2.24, 2.45) is 0 Å². The third-order valence-electron chi connectivity index (χ3n) is 4.09. The van der Waals surface area contributed by atoms with Gasteiger partial charge in [-0.25, -0.2) is 8.42 Å². The van der Waals surface area contributed by atoms with Crippen molar-refractivity contribution in [2.45, 2.75) is 44.6 Å². The molecule has 0 radical (unpaired) electrons. The van der Waals surface area contributed by atoms with Gasteiger partial charge in [-0.1, -0.05) is 26.0 Å². The van der Waals surface area contributed by atoms with E-state index in [-0.39, 0.29) is 16.8 Å². The lowest BCUT2D eigenvalue weighted by molar-refractivity contribution is 0.0934. The molecular formula is C19H23BrN2O3S. The molecule has 0 bridgehead atoms. The number of sulfonamides is 1. The highest BCUT2D eigenvalue weighted by Gasteiger charge is 2.18. The highest BCUT2D eigenvalue weighted by molar-refractivity contribution is 9.10. The predicted octanol–water partition coefficient (Wildman–Crippen LogP) is 4.48. The molecule has 26 heavy (non-hydrogen) atoms. The average molecular weight is 439 g/mol.